The molecule has 4 nitrogen and oxygen atoms in total. The lowest BCUT2D eigenvalue weighted by Gasteiger charge is -2.66. The Morgan fingerprint density at radius 1 is 1.09 bits per heavy atom. The number of allylic oxidation sites excluding steroid dienone is 2. The summed E-state index contributed by atoms with van der Waals surface area (Å²) in [5, 5.41) is 10.6. The number of benzene rings is 1. The van der Waals surface area contributed by atoms with Crippen LogP contribution in [0.25, 0.3) is 0 Å². The van der Waals surface area contributed by atoms with E-state index < -0.39 is 0 Å². The van der Waals surface area contributed by atoms with Gasteiger partial charge in [0.2, 0.25) is 0 Å². The van der Waals surface area contributed by atoms with Crippen LogP contribution in [-0.4, -0.2) is 35.8 Å². The molecule has 0 aromatic heterocycles. The lowest BCUT2D eigenvalue weighted by molar-refractivity contribution is -0.355. The van der Waals surface area contributed by atoms with Gasteiger partial charge in [-0.15, -0.1) is 0 Å². The minimum absolute atomic E-state index is 0.145. The van der Waals surface area contributed by atoms with E-state index in [1.54, 1.807) is 0 Å². The topological polar surface area (TPSA) is 47.9 Å². The first-order valence-corrected chi connectivity index (χ1v) is 12.7. The second-order valence-corrected chi connectivity index (χ2v) is 11.6. The van der Waals surface area contributed by atoms with E-state index in [-0.39, 0.29) is 34.9 Å². The zero-order chi connectivity index (χ0) is 22.1. The van der Waals surface area contributed by atoms with Crippen LogP contribution in [0, 0.1) is 34.5 Å². The maximum absolute atomic E-state index is 10.6. The van der Waals surface area contributed by atoms with E-state index in [0.717, 1.165) is 32.1 Å². The van der Waals surface area contributed by atoms with E-state index in [4.69, 9.17) is 14.2 Å². The van der Waals surface area contributed by atoms with Gasteiger partial charge >= 0.3 is 0 Å². The Morgan fingerprint density at radius 3 is 2.72 bits per heavy atom. The Hall–Kier alpha value is -1.20. The van der Waals surface area contributed by atoms with Crippen LogP contribution < -0.4 is 0 Å². The van der Waals surface area contributed by atoms with Gasteiger partial charge in [-0.05, 0) is 67.8 Å². The minimum atomic E-state index is -0.251. The number of aliphatic hydroxyl groups is 1. The number of ether oxygens (including phenoxy) is 3. The van der Waals surface area contributed by atoms with Gasteiger partial charge in [-0.2, -0.15) is 0 Å². The van der Waals surface area contributed by atoms with Crippen molar-refractivity contribution in [2.45, 2.75) is 83.6 Å². The predicted octanol–water partition coefficient (Wildman–Crippen LogP) is 5.10. The molecule has 174 valence electrons. The van der Waals surface area contributed by atoms with Crippen molar-refractivity contribution in [3.8, 4) is 0 Å². The summed E-state index contributed by atoms with van der Waals surface area (Å²) >= 11 is 0. The number of hydrogen-bond acceptors (Lipinski definition) is 4. The Balaban J connectivity index is 1.31. The van der Waals surface area contributed by atoms with Crippen molar-refractivity contribution >= 4 is 0 Å². The van der Waals surface area contributed by atoms with Gasteiger partial charge in [-0.3, -0.25) is 0 Å². The molecule has 1 heterocycles. The van der Waals surface area contributed by atoms with E-state index in [1.807, 2.05) is 6.07 Å². The molecule has 0 amide bonds. The Morgan fingerprint density at radius 2 is 1.91 bits per heavy atom. The van der Waals surface area contributed by atoms with Gasteiger partial charge in [0.25, 0.3) is 0 Å². The highest BCUT2D eigenvalue weighted by Crippen LogP contribution is 2.74. The van der Waals surface area contributed by atoms with Gasteiger partial charge in [0.05, 0.1) is 31.0 Å². The van der Waals surface area contributed by atoms with Gasteiger partial charge in [0, 0.05) is 11.3 Å². The molecule has 1 saturated heterocycles. The van der Waals surface area contributed by atoms with Crippen molar-refractivity contribution in [2.24, 2.45) is 34.5 Å². The maximum atomic E-state index is 10.6. The highest BCUT2D eigenvalue weighted by molar-refractivity contribution is 5.29. The number of aliphatic hydroxyl groups excluding tert-OH is 1. The summed E-state index contributed by atoms with van der Waals surface area (Å²) in [7, 11) is 0. The third kappa shape index (κ3) is 2.76. The molecule has 4 aliphatic carbocycles. The molecule has 5 aliphatic rings. The Bertz CT molecular complexity index is 885. The van der Waals surface area contributed by atoms with E-state index in [0.29, 0.717) is 36.9 Å². The lowest BCUT2D eigenvalue weighted by atomic mass is 9.42. The quantitative estimate of drug-likeness (QED) is 0.664. The molecule has 1 N–H and O–H groups in total. The Kier molecular flexibility index (Phi) is 4.93. The number of hydrogen-bond donors (Lipinski definition) is 1. The van der Waals surface area contributed by atoms with Crippen LogP contribution in [-0.2, 0) is 20.8 Å². The van der Waals surface area contributed by atoms with Gasteiger partial charge < -0.3 is 19.3 Å². The van der Waals surface area contributed by atoms with E-state index in [2.05, 4.69) is 57.2 Å². The van der Waals surface area contributed by atoms with Crippen molar-refractivity contribution in [2.75, 3.05) is 6.61 Å². The standard InChI is InChI=1S/C28H38O4/c1-18-22-10-9-21-15-23-25-28(21,26(22,3)12-11-24(18)29)14-13-27(23,32-19(2)31-25)17-30-16-20-7-5-4-6-8-20/h4-10,18-19,21-25,29H,11-17H2,1-3H3/t18-,19-,21+,22-,23+,24-,25+,26-,27-,28-/m0/s1. The zero-order valence-corrected chi connectivity index (χ0v) is 19.7. The Labute approximate surface area is 192 Å². The van der Waals surface area contributed by atoms with Crippen LogP contribution in [0.5, 0.6) is 0 Å². The molecule has 1 aliphatic heterocycles. The van der Waals surface area contributed by atoms with Crippen LogP contribution in [0.1, 0.15) is 58.4 Å². The second-order valence-electron chi connectivity index (χ2n) is 11.6. The van der Waals surface area contributed by atoms with Gasteiger partial charge in [-0.1, -0.05) is 56.3 Å². The molecule has 3 saturated carbocycles. The van der Waals surface area contributed by atoms with Crippen molar-refractivity contribution in [3.05, 3.63) is 48.0 Å². The van der Waals surface area contributed by atoms with Crippen LogP contribution >= 0.6 is 0 Å². The monoisotopic (exact) mass is 438 g/mol. The van der Waals surface area contributed by atoms with Crippen molar-refractivity contribution < 1.29 is 19.3 Å². The van der Waals surface area contributed by atoms with Gasteiger partial charge in [0.15, 0.2) is 6.29 Å². The molecule has 6 rings (SSSR count). The summed E-state index contributed by atoms with van der Waals surface area (Å²) < 4.78 is 19.6. The second kappa shape index (κ2) is 7.40. The summed E-state index contributed by atoms with van der Waals surface area (Å²) in [4.78, 5) is 0. The van der Waals surface area contributed by atoms with Crippen LogP contribution in [0.2, 0.25) is 0 Å². The number of fused-ring (bicyclic) bond motifs is 1. The smallest absolute Gasteiger partial charge is 0.156 e. The average molecular weight is 439 g/mol. The predicted molar refractivity (Wildman–Crippen MR) is 123 cm³/mol. The molecule has 1 aromatic carbocycles. The first kappa shape index (κ1) is 21.3. The fourth-order valence-corrected chi connectivity index (χ4v) is 8.82. The first-order chi connectivity index (χ1) is 15.4. The zero-order valence-electron chi connectivity index (χ0n) is 19.7. The molecular formula is C28H38O4. The molecule has 10 atom stereocenters. The van der Waals surface area contributed by atoms with Crippen molar-refractivity contribution in [1.82, 2.24) is 0 Å². The molecule has 32 heavy (non-hydrogen) atoms. The normalized spacial score (nSPS) is 51.2. The fraction of sp³-hybridized carbons (Fsp3) is 0.714. The molecule has 0 radical (unpaired) electrons. The van der Waals surface area contributed by atoms with E-state index in [1.165, 1.54) is 5.56 Å². The molecule has 4 bridgehead atoms. The summed E-state index contributed by atoms with van der Waals surface area (Å²) in [6, 6.07) is 10.4. The highest BCUT2D eigenvalue weighted by atomic mass is 16.7. The van der Waals surface area contributed by atoms with Crippen LogP contribution in [0.15, 0.2) is 42.5 Å². The van der Waals surface area contributed by atoms with Crippen LogP contribution in [0.3, 0.4) is 0 Å². The molecule has 1 aromatic rings. The summed E-state index contributed by atoms with van der Waals surface area (Å²) in [5.41, 5.74) is 1.27. The number of rotatable bonds is 4. The van der Waals surface area contributed by atoms with Gasteiger partial charge in [0.1, 0.15) is 0 Å². The fourth-order valence-electron chi connectivity index (χ4n) is 8.82. The molecular weight excluding hydrogens is 400 g/mol. The third-order valence-electron chi connectivity index (χ3n) is 10.4. The molecule has 4 heteroatoms. The third-order valence-corrected chi connectivity index (χ3v) is 10.4. The van der Waals surface area contributed by atoms with Crippen LogP contribution in [0.4, 0.5) is 0 Å². The lowest BCUT2D eigenvalue weighted by Crippen LogP contribution is -2.67. The first-order valence-electron chi connectivity index (χ1n) is 12.7. The summed E-state index contributed by atoms with van der Waals surface area (Å²) in [6.45, 7) is 8.10. The van der Waals surface area contributed by atoms with Crippen molar-refractivity contribution in [1.29, 1.82) is 0 Å². The molecule has 0 unspecified atom stereocenters. The molecule has 4 fully saturated rings. The summed E-state index contributed by atoms with van der Waals surface area (Å²) in [5.74, 6) is 1.63. The van der Waals surface area contributed by atoms with Gasteiger partial charge in [-0.25, -0.2) is 0 Å². The summed E-state index contributed by atoms with van der Waals surface area (Å²) in [6.07, 6.45) is 10.1. The average Bonchev–Trinajstić information content (AvgIpc) is 3.03. The molecule has 1 spiro atoms. The SMILES string of the molecule is C[C@H]1O[C@@H]2[C@H]3C[C@H]4C=C[C@H]5[C@H](C)[C@@H](O)CC[C@]5(C)[C@@]42CC[C@@]3(COCc2ccccc2)O1. The van der Waals surface area contributed by atoms with Crippen molar-refractivity contribution in [3.63, 3.8) is 0 Å². The van der Waals surface area contributed by atoms with E-state index >= 15 is 0 Å². The largest absolute Gasteiger partial charge is 0.393 e. The maximum Gasteiger partial charge on any atom is 0.156 e. The highest BCUT2D eigenvalue weighted by Gasteiger charge is 2.74. The van der Waals surface area contributed by atoms with E-state index in [9.17, 15) is 5.11 Å². The minimum Gasteiger partial charge on any atom is -0.393 e.